The highest BCUT2D eigenvalue weighted by Crippen LogP contribution is 2.19. The minimum Gasteiger partial charge on any atom is -0.389 e. The van der Waals surface area contributed by atoms with E-state index in [9.17, 15) is 9.50 Å². The fourth-order valence-electron chi connectivity index (χ4n) is 2.63. The Labute approximate surface area is 131 Å². The van der Waals surface area contributed by atoms with Crippen molar-refractivity contribution in [2.75, 3.05) is 33.4 Å². The van der Waals surface area contributed by atoms with Crippen LogP contribution in [0.4, 0.5) is 4.39 Å². The Hall–Kier alpha value is -1.01. The van der Waals surface area contributed by atoms with Crippen LogP contribution in [0.25, 0.3) is 0 Å². The van der Waals surface area contributed by atoms with Crippen LogP contribution in [-0.4, -0.2) is 55.6 Å². The van der Waals surface area contributed by atoms with E-state index in [1.54, 1.807) is 12.1 Å². The Bertz CT molecular complexity index is 434. The van der Waals surface area contributed by atoms with Crippen LogP contribution >= 0.6 is 0 Å². The Balaban J connectivity index is 1.74. The molecule has 0 saturated carbocycles. The lowest BCUT2D eigenvalue weighted by atomic mass is 10.1. The smallest absolute Gasteiger partial charge is 0.123 e. The first-order valence-corrected chi connectivity index (χ1v) is 7.89. The number of halogens is 1. The number of nitrogens with zero attached hydrogens (tertiary/aromatic N) is 1. The van der Waals surface area contributed by atoms with Gasteiger partial charge >= 0.3 is 0 Å². The molecule has 0 spiro atoms. The zero-order valence-electron chi connectivity index (χ0n) is 13.4. The monoisotopic (exact) mass is 311 g/mol. The highest BCUT2D eigenvalue weighted by atomic mass is 19.1. The summed E-state index contributed by atoms with van der Waals surface area (Å²) in [6, 6.07) is 6.59. The van der Waals surface area contributed by atoms with E-state index in [0.29, 0.717) is 13.2 Å². The highest BCUT2D eigenvalue weighted by Gasteiger charge is 2.19. The maximum absolute atomic E-state index is 13.0. The second-order valence-electron chi connectivity index (χ2n) is 5.97. The molecule has 2 rings (SSSR count). The molecular weight excluding hydrogens is 285 g/mol. The van der Waals surface area contributed by atoms with Crippen LogP contribution < -0.4 is 0 Å². The van der Waals surface area contributed by atoms with Crippen LogP contribution in [0.15, 0.2) is 24.3 Å². The molecule has 0 amide bonds. The SMILES string of the molecule is CC(c1ccc(F)cc1)N(C)CC(O)COC1CCOCC1. The minimum absolute atomic E-state index is 0.110. The van der Waals surface area contributed by atoms with E-state index < -0.39 is 6.10 Å². The number of benzene rings is 1. The Kier molecular flexibility index (Phi) is 6.76. The third-order valence-electron chi connectivity index (χ3n) is 4.20. The summed E-state index contributed by atoms with van der Waals surface area (Å²) in [5.74, 6) is -0.233. The highest BCUT2D eigenvalue weighted by molar-refractivity contribution is 5.19. The molecular formula is C17H26FNO3. The van der Waals surface area contributed by atoms with Gasteiger partial charge in [0, 0.05) is 25.8 Å². The number of ether oxygens (including phenoxy) is 2. The average Bonchev–Trinajstić information content (AvgIpc) is 2.54. The molecule has 1 aliphatic rings. The Morgan fingerprint density at radius 2 is 1.95 bits per heavy atom. The molecule has 0 radical (unpaired) electrons. The molecule has 1 aromatic carbocycles. The van der Waals surface area contributed by atoms with Crippen molar-refractivity contribution in [2.45, 2.75) is 38.0 Å². The molecule has 1 fully saturated rings. The van der Waals surface area contributed by atoms with Crippen molar-refractivity contribution in [3.8, 4) is 0 Å². The van der Waals surface area contributed by atoms with E-state index in [1.165, 1.54) is 12.1 Å². The Morgan fingerprint density at radius 1 is 1.32 bits per heavy atom. The number of hydrogen-bond acceptors (Lipinski definition) is 4. The van der Waals surface area contributed by atoms with Crippen LogP contribution in [0.1, 0.15) is 31.4 Å². The van der Waals surface area contributed by atoms with Crippen molar-refractivity contribution in [2.24, 2.45) is 0 Å². The van der Waals surface area contributed by atoms with Gasteiger partial charge < -0.3 is 14.6 Å². The summed E-state index contributed by atoms with van der Waals surface area (Å²) in [6.07, 6.45) is 1.46. The molecule has 124 valence electrons. The molecule has 1 saturated heterocycles. The molecule has 0 bridgehead atoms. The molecule has 1 N–H and O–H groups in total. The van der Waals surface area contributed by atoms with Crippen LogP contribution in [0, 0.1) is 5.82 Å². The number of aliphatic hydroxyl groups is 1. The number of likely N-dealkylation sites (N-methyl/N-ethyl adjacent to an activating group) is 1. The fraction of sp³-hybridized carbons (Fsp3) is 0.647. The largest absolute Gasteiger partial charge is 0.389 e. The van der Waals surface area contributed by atoms with Crippen molar-refractivity contribution in [3.63, 3.8) is 0 Å². The number of hydrogen-bond donors (Lipinski definition) is 1. The van der Waals surface area contributed by atoms with Crippen molar-refractivity contribution < 1.29 is 19.0 Å². The standard InChI is InChI=1S/C17H26FNO3/c1-13(14-3-5-15(18)6-4-14)19(2)11-16(20)12-22-17-7-9-21-10-8-17/h3-6,13,16-17,20H,7-12H2,1-2H3. The van der Waals surface area contributed by atoms with Gasteiger partial charge in [-0.2, -0.15) is 0 Å². The van der Waals surface area contributed by atoms with Gasteiger partial charge in [0.2, 0.25) is 0 Å². The van der Waals surface area contributed by atoms with E-state index in [2.05, 4.69) is 0 Å². The van der Waals surface area contributed by atoms with Gasteiger partial charge in [-0.3, -0.25) is 4.90 Å². The van der Waals surface area contributed by atoms with Gasteiger partial charge in [0.05, 0.1) is 18.8 Å². The van der Waals surface area contributed by atoms with Crippen LogP contribution in [-0.2, 0) is 9.47 Å². The first-order chi connectivity index (χ1) is 10.6. The molecule has 1 heterocycles. The quantitative estimate of drug-likeness (QED) is 0.839. The zero-order chi connectivity index (χ0) is 15.9. The van der Waals surface area contributed by atoms with Gasteiger partial charge in [-0.25, -0.2) is 4.39 Å². The van der Waals surface area contributed by atoms with E-state index in [4.69, 9.17) is 9.47 Å². The summed E-state index contributed by atoms with van der Waals surface area (Å²) < 4.78 is 24.0. The molecule has 1 aliphatic heterocycles. The maximum atomic E-state index is 13.0. The summed E-state index contributed by atoms with van der Waals surface area (Å²) >= 11 is 0. The predicted molar refractivity (Wildman–Crippen MR) is 83.2 cm³/mol. The normalized spacial score (nSPS) is 19.3. The zero-order valence-corrected chi connectivity index (χ0v) is 13.4. The van der Waals surface area contributed by atoms with Crippen LogP contribution in [0.3, 0.4) is 0 Å². The lowest BCUT2D eigenvalue weighted by molar-refractivity contribution is -0.0644. The first-order valence-electron chi connectivity index (χ1n) is 7.89. The molecule has 1 aromatic rings. The van der Waals surface area contributed by atoms with Crippen LogP contribution in [0.5, 0.6) is 0 Å². The Morgan fingerprint density at radius 3 is 2.59 bits per heavy atom. The topological polar surface area (TPSA) is 41.9 Å². The summed E-state index contributed by atoms with van der Waals surface area (Å²) in [6.45, 7) is 4.37. The van der Waals surface area contributed by atoms with Crippen LogP contribution in [0.2, 0.25) is 0 Å². The lowest BCUT2D eigenvalue weighted by Gasteiger charge is -2.29. The third-order valence-corrected chi connectivity index (χ3v) is 4.20. The lowest BCUT2D eigenvalue weighted by Crippen LogP contribution is -2.35. The van der Waals surface area contributed by atoms with Gasteiger partial charge in [-0.1, -0.05) is 12.1 Å². The van der Waals surface area contributed by atoms with Gasteiger partial charge in [-0.05, 0) is 44.5 Å². The van der Waals surface area contributed by atoms with Gasteiger partial charge in [-0.15, -0.1) is 0 Å². The predicted octanol–water partition coefficient (Wildman–Crippen LogP) is 2.38. The van der Waals surface area contributed by atoms with E-state index in [1.807, 2.05) is 18.9 Å². The van der Waals surface area contributed by atoms with E-state index >= 15 is 0 Å². The first kappa shape index (κ1) is 17.3. The second-order valence-corrected chi connectivity index (χ2v) is 5.97. The summed E-state index contributed by atoms with van der Waals surface area (Å²) in [5.41, 5.74) is 1.03. The van der Waals surface area contributed by atoms with Gasteiger partial charge in [0.25, 0.3) is 0 Å². The third kappa shape index (κ3) is 5.32. The number of rotatable bonds is 7. The maximum Gasteiger partial charge on any atom is 0.123 e. The molecule has 22 heavy (non-hydrogen) atoms. The van der Waals surface area contributed by atoms with Crippen molar-refractivity contribution in [1.82, 2.24) is 4.90 Å². The van der Waals surface area contributed by atoms with E-state index in [0.717, 1.165) is 31.6 Å². The number of aliphatic hydroxyl groups excluding tert-OH is 1. The van der Waals surface area contributed by atoms with Gasteiger partial charge in [0.1, 0.15) is 5.82 Å². The second kappa shape index (κ2) is 8.58. The fourth-order valence-corrected chi connectivity index (χ4v) is 2.63. The van der Waals surface area contributed by atoms with Crippen molar-refractivity contribution in [1.29, 1.82) is 0 Å². The molecule has 5 heteroatoms. The molecule has 4 nitrogen and oxygen atoms in total. The molecule has 2 unspecified atom stereocenters. The van der Waals surface area contributed by atoms with Crippen molar-refractivity contribution in [3.05, 3.63) is 35.6 Å². The summed E-state index contributed by atoms with van der Waals surface area (Å²) in [5, 5.41) is 10.1. The molecule has 0 aromatic heterocycles. The van der Waals surface area contributed by atoms with Crippen molar-refractivity contribution >= 4 is 0 Å². The molecule has 0 aliphatic carbocycles. The summed E-state index contributed by atoms with van der Waals surface area (Å²) in [7, 11) is 1.95. The van der Waals surface area contributed by atoms with Gasteiger partial charge in [0.15, 0.2) is 0 Å². The minimum atomic E-state index is -0.532. The van der Waals surface area contributed by atoms with E-state index in [-0.39, 0.29) is 18.0 Å². The molecule has 2 atom stereocenters. The average molecular weight is 311 g/mol. The summed E-state index contributed by atoms with van der Waals surface area (Å²) in [4.78, 5) is 2.05.